The molecule has 6 heteroatoms. The Morgan fingerprint density at radius 1 is 1.38 bits per heavy atom. The van der Waals surface area contributed by atoms with Crippen molar-refractivity contribution in [2.45, 2.75) is 26.9 Å². The molecule has 1 heterocycles. The highest BCUT2D eigenvalue weighted by atomic mass is 32.1. The molecule has 112 valence electrons. The van der Waals surface area contributed by atoms with E-state index in [0.29, 0.717) is 18.7 Å². The number of amidine groups is 1. The highest BCUT2D eigenvalue weighted by Gasteiger charge is 2.11. The summed E-state index contributed by atoms with van der Waals surface area (Å²) in [6.07, 6.45) is 0. The van der Waals surface area contributed by atoms with Gasteiger partial charge in [-0.15, -0.1) is 11.3 Å². The van der Waals surface area contributed by atoms with Crippen LogP contribution in [0.3, 0.4) is 0 Å². The van der Waals surface area contributed by atoms with E-state index in [1.807, 2.05) is 0 Å². The molecule has 2 rings (SSSR count). The van der Waals surface area contributed by atoms with Crippen molar-refractivity contribution in [3.63, 3.8) is 0 Å². The van der Waals surface area contributed by atoms with Gasteiger partial charge in [0, 0.05) is 28.4 Å². The van der Waals surface area contributed by atoms with Gasteiger partial charge in [-0.25, -0.2) is 4.39 Å². The van der Waals surface area contributed by atoms with Crippen molar-refractivity contribution in [3.8, 4) is 0 Å². The molecule has 0 fully saturated rings. The van der Waals surface area contributed by atoms with E-state index >= 15 is 0 Å². The molecule has 0 atom stereocenters. The first-order valence-corrected chi connectivity index (χ1v) is 7.36. The van der Waals surface area contributed by atoms with E-state index in [-0.39, 0.29) is 11.4 Å². The van der Waals surface area contributed by atoms with E-state index in [0.717, 1.165) is 0 Å². The minimum atomic E-state index is -0.459. The smallest absolute Gasteiger partial charge is 0.173 e. The molecule has 0 amide bonds. The summed E-state index contributed by atoms with van der Waals surface area (Å²) in [5.74, 6) is -0.683. The molecule has 2 aromatic rings. The molecule has 0 aliphatic rings. The zero-order chi connectivity index (χ0) is 15.4. The summed E-state index contributed by atoms with van der Waals surface area (Å²) in [6.45, 7) is 5.24. The Morgan fingerprint density at radius 3 is 2.76 bits per heavy atom. The summed E-state index contributed by atoms with van der Waals surface area (Å²) in [7, 11) is 0. The van der Waals surface area contributed by atoms with Crippen LogP contribution >= 0.6 is 11.3 Å². The highest BCUT2D eigenvalue weighted by molar-refractivity contribution is 7.12. The minimum Gasteiger partial charge on any atom is -0.409 e. The predicted octanol–water partition coefficient (Wildman–Crippen LogP) is 2.89. The quantitative estimate of drug-likeness (QED) is 0.344. The lowest BCUT2D eigenvalue weighted by molar-refractivity contribution is 0.318. The number of hydrogen-bond donors (Lipinski definition) is 3. The molecule has 0 saturated heterocycles. The third-order valence-corrected chi connectivity index (χ3v) is 4.45. The Hall–Kier alpha value is -1.92. The van der Waals surface area contributed by atoms with Crippen molar-refractivity contribution in [3.05, 3.63) is 56.5 Å². The molecule has 0 saturated carbocycles. The first-order valence-electron chi connectivity index (χ1n) is 6.55. The number of thiophene rings is 1. The number of nitrogens with one attached hydrogen (secondary N) is 1. The summed E-state index contributed by atoms with van der Waals surface area (Å²) in [5, 5.41) is 14.7. The lowest BCUT2D eigenvalue weighted by Gasteiger charge is -2.08. The van der Waals surface area contributed by atoms with E-state index < -0.39 is 5.82 Å². The first-order chi connectivity index (χ1) is 10.0. The summed E-state index contributed by atoms with van der Waals surface area (Å²) in [6, 6.07) is 6.99. The zero-order valence-electron chi connectivity index (χ0n) is 12.0. The lowest BCUT2D eigenvalue weighted by atomic mass is 10.1. The molecule has 1 aromatic carbocycles. The number of nitrogens with zero attached hydrogens (tertiary/aromatic N) is 1. The van der Waals surface area contributed by atoms with Gasteiger partial charge in [-0.2, -0.15) is 0 Å². The second-order valence-electron chi connectivity index (χ2n) is 4.82. The Kier molecular flexibility index (Phi) is 4.93. The van der Waals surface area contributed by atoms with Gasteiger partial charge in [-0.05, 0) is 31.5 Å². The van der Waals surface area contributed by atoms with Crippen molar-refractivity contribution in [1.29, 1.82) is 0 Å². The topological polar surface area (TPSA) is 70.6 Å². The standard InChI is InChI=1S/C15H18FN3OS/c1-9-6-12(21-10(9)2)8-18-7-11-4-3-5-13(14(11)16)15(17)19-20/h3-6,18,20H,7-8H2,1-2H3,(H2,17,19). The van der Waals surface area contributed by atoms with E-state index in [9.17, 15) is 4.39 Å². The molecule has 1 aromatic heterocycles. The number of benzene rings is 1. The van der Waals surface area contributed by atoms with Gasteiger partial charge in [-0.1, -0.05) is 17.3 Å². The van der Waals surface area contributed by atoms with Gasteiger partial charge in [0.05, 0.1) is 5.56 Å². The third kappa shape index (κ3) is 3.59. The maximum Gasteiger partial charge on any atom is 0.173 e. The fourth-order valence-electron chi connectivity index (χ4n) is 2.03. The molecular formula is C15H18FN3OS. The van der Waals surface area contributed by atoms with Crippen LogP contribution in [0.1, 0.15) is 26.4 Å². The molecular weight excluding hydrogens is 289 g/mol. The number of hydrogen-bond acceptors (Lipinski definition) is 4. The molecule has 0 aliphatic carbocycles. The maximum atomic E-state index is 14.2. The van der Waals surface area contributed by atoms with Crippen molar-refractivity contribution in [2.75, 3.05) is 0 Å². The number of rotatable bonds is 5. The molecule has 0 spiro atoms. The number of nitrogens with two attached hydrogens (primary N) is 1. The molecule has 0 radical (unpaired) electrons. The second kappa shape index (κ2) is 6.69. The van der Waals surface area contributed by atoms with Gasteiger partial charge in [0.25, 0.3) is 0 Å². The number of oxime groups is 1. The largest absolute Gasteiger partial charge is 0.409 e. The number of aryl methyl sites for hydroxylation is 2. The lowest BCUT2D eigenvalue weighted by Crippen LogP contribution is -2.18. The van der Waals surface area contributed by atoms with Gasteiger partial charge in [0.15, 0.2) is 5.84 Å². The Morgan fingerprint density at radius 2 is 2.14 bits per heavy atom. The fourth-order valence-corrected chi connectivity index (χ4v) is 3.05. The second-order valence-corrected chi connectivity index (χ2v) is 6.16. The summed E-state index contributed by atoms with van der Waals surface area (Å²) >= 11 is 1.74. The van der Waals surface area contributed by atoms with Gasteiger partial charge >= 0.3 is 0 Å². The summed E-state index contributed by atoms with van der Waals surface area (Å²) in [5.41, 5.74) is 7.32. The SMILES string of the molecule is Cc1cc(CNCc2cccc(/C(N)=N/O)c2F)sc1C. The van der Waals surface area contributed by atoms with Crippen molar-refractivity contribution in [1.82, 2.24) is 5.32 Å². The monoisotopic (exact) mass is 307 g/mol. The van der Waals surface area contributed by atoms with Crippen LogP contribution in [-0.4, -0.2) is 11.0 Å². The van der Waals surface area contributed by atoms with Crippen LogP contribution in [0.15, 0.2) is 29.4 Å². The normalized spacial score (nSPS) is 11.9. The third-order valence-electron chi connectivity index (χ3n) is 3.29. The van der Waals surface area contributed by atoms with E-state index in [4.69, 9.17) is 10.9 Å². The van der Waals surface area contributed by atoms with Gasteiger partial charge in [0.2, 0.25) is 0 Å². The van der Waals surface area contributed by atoms with Crippen LogP contribution in [0, 0.1) is 19.7 Å². The molecule has 0 aliphatic heterocycles. The molecule has 4 N–H and O–H groups in total. The fraction of sp³-hybridized carbons (Fsp3) is 0.267. The maximum absolute atomic E-state index is 14.2. The Balaban J connectivity index is 2.03. The molecule has 0 unspecified atom stereocenters. The summed E-state index contributed by atoms with van der Waals surface area (Å²) < 4.78 is 14.2. The van der Waals surface area contributed by atoms with Crippen molar-refractivity contribution >= 4 is 17.2 Å². The highest BCUT2D eigenvalue weighted by Crippen LogP contribution is 2.20. The van der Waals surface area contributed by atoms with Gasteiger partial charge < -0.3 is 16.3 Å². The van der Waals surface area contributed by atoms with E-state index in [2.05, 4.69) is 30.4 Å². The average Bonchev–Trinajstić information content (AvgIpc) is 2.78. The first kappa shape index (κ1) is 15.5. The summed E-state index contributed by atoms with van der Waals surface area (Å²) in [4.78, 5) is 2.52. The van der Waals surface area contributed by atoms with Crippen LogP contribution in [0.25, 0.3) is 0 Å². The van der Waals surface area contributed by atoms with Crippen LogP contribution in [0.2, 0.25) is 0 Å². The molecule has 21 heavy (non-hydrogen) atoms. The van der Waals surface area contributed by atoms with Crippen molar-refractivity contribution < 1.29 is 9.60 Å². The minimum absolute atomic E-state index is 0.111. The predicted molar refractivity (Wildman–Crippen MR) is 83.2 cm³/mol. The van der Waals surface area contributed by atoms with Crippen LogP contribution in [0.4, 0.5) is 4.39 Å². The number of halogens is 1. The average molecular weight is 307 g/mol. The van der Waals surface area contributed by atoms with Gasteiger partial charge in [-0.3, -0.25) is 0 Å². The van der Waals surface area contributed by atoms with Crippen LogP contribution < -0.4 is 11.1 Å². The Labute approximate surface area is 127 Å². The molecule has 0 bridgehead atoms. The Bertz CT molecular complexity index is 647. The molecule has 4 nitrogen and oxygen atoms in total. The van der Waals surface area contributed by atoms with Crippen molar-refractivity contribution in [2.24, 2.45) is 10.9 Å². The zero-order valence-corrected chi connectivity index (χ0v) is 12.8. The van der Waals surface area contributed by atoms with Crippen LogP contribution in [-0.2, 0) is 13.1 Å². The van der Waals surface area contributed by atoms with E-state index in [1.54, 1.807) is 23.5 Å². The van der Waals surface area contributed by atoms with Gasteiger partial charge in [0.1, 0.15) is 5.82 Å². The van der Waals surface area contributed by atoms with E-state index in [1.165, 1.54) is 21.4 Å². The van der Waals surface area contributed by atoms with Crippen LogP contribution in [0.5, 0.6) is 0 Å².